The van der Waals surface area contributed by atoms with E-state index < -0.39 is 0 Å². The van der Waals surface area contributed by atoms with E-state index in [1.807, 2.05) is 0 Å². The average molecular weight is 633 g/mol. The molecular formula is C50H32. The van der Waals surface area contributed by atoms with Crippen molar-refractivity contribution in [1.82, 2.24) is 0 Å². The Morgan fingerprint density at radius 1 is 0.180 bits per heavy atom. The van der Waals surface area contributed by atoms with Gasteiger partial charge in [0.15, 0.2) is 0 Å². The fourth-order valence-corrected chi connectivity index (χ4v) is 8.00. The molecule has 0 bridgehead atoms. The third-order valence-electron chi connectivity index (χ3n) is 10.4. The van der Waals surface area contributed by atoms with Gasteiger partial charge in [0, 0.05) is 0 Å². The molecule has 0 heterocycles. The van der Waals surface area contributed by atoms with E-state index in [0.29, 0.717) is 0 Å². The molecule has 0 atom stereocenters. The van der Waals surface area contributed by atoms with Crippen molar-refractivity contribution in [2.45, 2.75) is 0 Å². The molecule has 0 heteroatoms. The van der Waals surface area contributed by atoms with E-state index in [9.17, 15) is 0 Å². The smallest absolute Gasteiger partial charge is 0.00262 e. The van der Waals surface area contributed by atoms with Crippen molar-refractivity contribution in [2.24, 2.45) is 0 Å². The van der Waals surface area contributed by atoms with Crippen LogP contribution in [-0.2, 0) is 0 Å². The molecule has 10 aromatic rings. The molecule has 0 nitrogen and oxygen atoms in total. The molecule has 10 rings (SSSR count). The third-order valence-corrected chi connectivity index (χ3v) is 10.4. The molecule has 50 heavy (non-hydrogen) atoms. The zero-order chi connectivity index (χ0) is 33.0. The average Bonchev–Trinajstić information content (AvgIpc) is 3.19. The molecule has 0 N–H and O–H groups in total. The second-order valence-corrected chi connectivity index (χ2v) is 13.3. The van der Waals surface area contributed by atoms with E-state index in [4.69, 9.17) is 0 Å². The van der Waals surface area contributed by atoms with Crippen LogP contribution in [0.15, 0.2) is 194 Å². The van der Waals surface area contributed by atoms with Crippen LogP contribution in [0.3, 0.4) is 0 Å². The van der Waals surface area contributed by atoms with Crippen LogP contribution in [-0.4, -0.2) is 0 Å². The standard InChI is InChI=1S/C50H32/c1-2-12-37-30-39(26-22-33(37)10-1)34-20-24-36(25-21-34)49-45-16-5-7-18-47(45)50(48-19-8-6-17-46(48)49)42-14-9-13-38(32-42)40-28-29-44-41(31-40)27-23-35-11-3-4-15-43(35)44/h1-32H. The predicted octanol–water partition coefficient (Wildman–Crippen LogP) is 14.1. The first-order chi connectivity index (χ1) is 24.8. The van der Waals surface area contributed by atoms with Crippen molar-refractivity contribution in [1.29, 1.82) is 0 Å². The van der Waals surface area contributed by atoms with Crippen molar-refractivity contribution < 1.29 is 0 Å². The van der Waals surface area contributed by atoms with Crippen molar-refractivity contribution in [2.75, 3.05) is 0 Å². The molecular weight excluding hydrogens is 601 g/mol. The van der Waals surface area contributed by atoms with Gasteiger partial charge in [-0.15, -0.1) is 0 Å². The van der Waals surface area contributed by atoms with Crippen molar-refractivity contribution >= 4 is 53.9 Å². The molecule has 0 aliphatic rings. The molecule has 0 unspecified atom stereocenters. The summed E-state index contributed by atoms with van der Waals surface area (Å²) in [6, 6.07) is 71.4. The van der Waals surface area contributed by atoms with Crippen LogP contribution in [0.2, 0.25) is 0 Å². The Morgan fingerprint density at radius 2 is 0.600 bits per heavy atom. The summed E-state index contributed by atoms with van der Waals surface area (Å²) >= 11 is 0. The highest BCUT2D eigenvalue weighted by atomic mass is 14.2. The molecule has 0 saturated heterocycles. The van der Waals surface area contributed by atoms with E-state index in [2.05, 4.69) is 194 Å². The minimum atomic E-state index is 1.22. The predicted molar refractivity (Wildman–Crippen MR) is 216 cm³/mol. The van der Waals surface area contributed by atoms with Gasteiger partial charge in [-0.2, -0.15) is 0 Å². The monoisotopic (exact) mass is 632 g/mol. The van der Waals surface area contributed by atoms with Gasteiger partial charge in [0.1, 0.15) is 0 Å². The van der Waals surface area contributed by atoms with Gasteiger partial charge in [-0.3, -0.25) is 0 Å². The summed E-state index contributed by atoms with van der Waals surface area (Å²) < 4.78 is 0. The van der Waals surface area contributed by atoms with Gasteiger partial charge in [-0.25, -0.2) is 0 Å². The fraction of sp³-hybridized carbons (Fsp3) is 0. The lowest BCUT2D eigenvalue weighted by Crippen LogP contribution is -1.91. The van der Waals surface area contributed by atoms with Gasteiger partial charge in [0.2, 0.25) is 0 Å². The molecule has 0 saturated carbocycles. The minimum absolute atomic E-state index is 1.22. The molecule has 0 aliphatic heterocycles. The highest BCUT2D eigenvalue weighted by Gasteiger charge is 2.17. The summed E-state index contributed by atoms with van der Waals surface area (Å²) in [5.74, 6) is 0. The first-order valence-electron chi connectivity index (χ1n) is 17.3. The summed E-state index contributed by atoms with van der Waals surface area (Å²) in [6.45, 7) is 0. The Kier molecular flexibility index (Phi) is 6.60. The number of fused-ring (bicyclic) bond motifs is 6. The highest BCUT2D eigenvalue weighted by Crippen LogP contribution is 2.44. The quantitative estimate of drug-likeness (QED) is 0.134. The molecule has 0 fully saturated rings. The Hall–Kier alpha value is -6.50. The van der Waals surface area contributed by atoms with Crippen molar-refractivity contribution in [3.63, 3.8) is 0 Å². The fourth-order valence-electron chi connectivity index (χ4n) is 8.00. The van der Waals surface area contributed by atoms with Crippen molar-refractivity contribution in [3.8, 4) is 44.5 Å². The lowest BCUT2D eigenvalue weighted by Gasteiger charge is -2.18. The van der Waals surface area contributed by atoms with E-state index in [-0.39, 0.29) is 0 Å². The van der Waals surface area contributed by atoms with Gasteiger partial charge in [-0.1, -0.05) is 176 Å². The van der Waals surface area contributed by atoms with Gasteiger partial charge in [-0.05, 0) is 117 Å². The number of hydrogen-bond donors (Lipinski definition) is 0. The van der Waals surface area contributed by atoms with Crippen LogP contribution in [0, 0.1) is 0 Å². The van der Waals surface area contributed by atoms with E-state index >= 15 is 0 Å². The van der Waals surface area contributed by atoms with Crippen molar-refractivity contribution in [3.05, 3.63) is 194 Å². The summed E-state index contributed by atoms with van der Waals surface area (Å²) in [7, 11) is 0. The van der Waals surface area contributed by atoms with Crippen LogP contribution in [0.4, 0.5) is 0 Å². The SMILES string of the molecule is c1cc(-c2ccc3c(ccc4ccccc43)c2)cc(-c2c3ccccc3c(-c3ccc(-c4ccc5ccccc5c4)cc3)c3ccccc23)c1. The lowest BCUT2D eigenvalue weighted by molar-refractivity contribution is 1.62. The van der Waals surface area contributed by atoms with Crippen LogP contribution in [0.5, 0.6) is 0 Å². The summed E-state index contributed by atoms with van der Waals surface area (Å²) in [5.41, 5.74) is 9.93. The lowest BCUT2D eigenvalue weighted by atomic mass is 9.85. The molecule has 0 aliphatic carbocycles. The third kappa shape index (κ3) is 4.69. The number of rotatable bonds is 4. The number of benzene rings is 10. The topological polar surface area (TPSA) is 0 Å². The second-order valence-electron chi connectivity index (χ2n) is 13.3. The summed E-state index contributed by atoms with van der Waals surface area (Å²) in [6.07, 6.45) is 0. The minimum Gasteiger partial charge on any atom is -0.0616 e. The maximum absolute atomic E-state index is 2.37. The van der Waals surface area contributed by atoms with Crippen LogP contribution in [0.1, 0.15) is 0 Å². The first-order valence-corrected chi connectivity index (χ1v) is 17.3. The van der Waals surface area contributed by atoms with Crippen LogP contribution >= 0.6 is 0 Å². The Labute approximate surface area is 291 Å². The zero-order valence-corrected chi connectivity index (χ0v) is 27.5. The molecule has 0 radical (unpaired) electrons. The summed E-state index contributed by atoms with van der Waals surface area (Å²) in [4.78, 5) is 0. The molecule has 10 aromatic carbocycles. The maximum atomic E-state index is 2.37. The Balaban J connectivity index is 1.11. The molecule has 232 valence electrons. The zero-order valence-electron chi connectivity index (χ0n) is 27.5. The Morgan fingerprint density at radius 3 is 1.32 bits per heavy atom. The van der Waals surface area contributed by atoms with Gasteiger partial charge in [0.05, 0.1) is 0 Å². The van der Waals surface area contributed by atoms with Crippen LogP contribution < -0.4 is 0 Å². The van der Waals surface area contributed by atoms with E-state index in [1.165, 1.54) is 98.4 Å². The van der Waals surface area contributed by atoms with Gasteiger partial charge >= 0.3 is 0 Å². The number of hydrogen-bond acceptors (Lipinski definition) is 0. The van der Waals surface area contributed by atoms with Gasteiger partial charge in [0.25, 0.3) is 0 Å². The summed E-state index contributed by atoms with van der Waals surface area (Å²) in [5, 5.41) is 12.7. The molecule has 0 amide bonds. The second kappa shape index (κ2) is 11.6. The van der Waals surface area contributed by atoms with E-state index in [0.717, 1.165) is 0 Å². The highest BCUT2D eigenvalue weighted by molar-refractivity contribution is 6.21. The normalized spacial score (nSPS) is 11.6. The first kappa shape index (κ1) is 28.5. The van der Waals surface area contributed by atoms with Gasteiger partial charge < -0.3 is 0 Å². The molecule has 0 aromatic heterocycles. The molecule has 0 spiro atoms. The van der Waals surface area contributed by atoms with E-state index in [1.54, 1.807) is 0 Å². The largest absolute Gasteiger partial charge is 0.0616 e. The Bertz CT molecular complexity index is 2850. The maximum Gasteiger partial charge on any atom is -0.00262 e. The van der Waals surface area contributed by atoms with Crippen LogP contribution in [0.25, 0.3) is 98.4 Å².